The molecule has 0 rings (SSSR count). The van der Waals surface area contributed by atoms with E-state index in [1.54, 1.807) is 0 Å². The minimum absolute atomic E-state index is 0.200. The minimum Gasteiger partial charge on any atom is -0.478 e. The maximum Gasteiger partial charge on any atom is 0.331 e. The van der Waals surface area contributed by atoms with Crippen LogP contribution in [0.5, 0.6) is 0 Å². The Labute approximate surface area is 66.4 Å². The van der Waals surface area contributed by atoms with Crippen LogP contribution in [0.25, 0.3) is 0 Å². The average Bonchev–Trinajstić information content (AvgIpc) is 1.87. The molecule has 0 aromatic carbocycles. The molecule has 0 amide bonds. The van der Waals surface area contributed by atoms with Gasteiger partial charge >= 0.3 is 5.97 Å². The molecule has 0 aliphatic rings. The molecule has 0 aliphatic heterocycles. The first-order chi connectivity index (χ1) is 5.07. The summed E-state index contributed by atoms with van der Waals surface area (Å²) in [5.74, 6) is -0.972. The lowest BCUT2D eigenvalue weighted by Gasteiger charge is -2.02. The van der Waals surface area contributed by atoms with Crippen LogP contribution < -0.4 is 0 Å². The van der Waals surface area contributed by atoms with Crippen LogP contribution >= 0.6 is 0 Å². The summed E-state index contributed by atoms with van der Waals surface area (Å²) in [7, 11) is 0. The third kappa shape index (κ3) is 4.56. The van der Waals surface area contributed by atoms with Gasteiger partial charge in [0, 0.05) is 5.57 Å². The molecule has 0 saturated heterocycles. The summed E-state index contributed by atoms with van der Waals surface area (Å²) in [5, 5.41) is 17.5. The molecule has 3 heteroatoms. The van der Waals surface area contributed by atoms with E-state index in [0.29, 0.717) is 6.42 Å². The first kappa shape index (κ1) is 10.2. The molecule has 0 radical (unpaired) electrons. The van der Waals surface area contributed by atoms with Crippen molar-refractivity contribution in [3.63, 3.8) is 0 Å². The lowest BCUT2D eigenvalue weighted by Crippen LogP contribution is -2.05. The van der Waals surface area contributed by atoms with Gasteiger partial charge in [0.2, 0.25) is 0 Å². The second-order valence-electron chi connectivity index (χ2n) is 2.51. The van der Waals surface area contributed by atoms with E-state index < -0.39 is 12.1 Å². The molecule has 3 nitrogen and oxygen atoms in total. The molecule has 0 saturated carbocycles. The summed E-state index contributed by atoms with van der Waals surface area (Å²) in [6.45, 7) is 3.41. The van der Waals surface area contributed by atoms with Gasteiger partial charge in [0.1, 0.15) is 0 Å². The summed E-state index contributed by atoms with van der Waals surface area (Å²) < 4.78 is 0. The fourth-order valence-corrected chi connectivity index (χ4v) is 0.739. The number of rotatable bonds is 4. The standard InChI is InChI=1S/C8H14O3/c1-3-4-7(9)5-6(2)8(10)11/h5,7,9H,3-4H2,1-2H3,(H,10,11). The third-order valence-electron chi connectivity index (χ3n) is 1.36. The van der Waals surface area contributed by atoms with Crippen LogP contribution in [-0.2, 0) is 4.79 Å². The van der Waals surface area contributed by atoms with Crippen molar-refractivity contribution in [1.82, 2.24) is 0 Å². The third-order valence-corrected chi connectivity index (χ3v) is 1.36. The van der Waals surface area contributed by atoms with Gasteiger partial charge in [-0.1, -0.05) is 13.3 Å². The normalized spacial score (nSPS) is 14.6. The minimum atomic E-state index is -0.972. The molecule has 1 atom stereocenters. The number of carbonyl (C=O) groups is 1. The quantitative estimate of drug-likeness (QED) is 0.604. The van der Waals surface area contributed by atoms with Crippen molar-refractivity contribution in [2.24, 2.45) is 0 Å². The van der Waals surface area contributed by atoms with Crippen LogP contribution in [0.4, 0.5) is 0 Å². The van der Waals surface area contributed by atoms with Gasteiger partial charge in [0.05, 0.1) is 6.10 Å². The molecule has 0 spiro atoms. The molecule has 1 unspecified atom stereocenters. The molecular weight excluding hydrogens is 144 g/mol. The Morgan fingerprint density at radius 2 is 2.18 bits per heavy atom. The van der Waals surface area contributed by atoms with Crippen LogP contribution in [-0.4, -0.2) is 22.3 Å². The first-order valence-corrected chi connectivity index (χ1v) is 3.67. The monoisotopic (exact) mass is 158 g/mol. The highest BCUT2D eigenvalue weighted by molar-refractivity contribution is 5.85. The number of hydrogen-bond acceptors (Lipinski definition) is 2. The lowest BCUT2D eigenvalue weighted by molar-refractivity contribution is -0.132. The van der Waals surface area contributed by atoms with Gasteiger partial charge in [-0.15, -0.1) is 0 Å². The van der Waals surface area contributed by atoms with E-state index in [2.05, 4.69) is 0 Å². The Bertz CT molecular complexity index is 161. The molecule has 2 N–H and O–H groups in total. The SMILES string of the molecule is CCCC(O)C=C(C)C(=O)O. The summed E-state index contributed by atoms with van der Waals surface area (Å²) in [5.41, 5.74) is 0.200. The maximum absolute atomic E-state index is 10.3. The van der Waals surface area contributed by atoms with Crippen molar-refractivity contribution < 1.29 is 15.0 Å². The number of aliphatic hydroxyl groups is 1. The Balaban J connectivity index is 3.96. The summed E-state index contributed by atoms with van der Waals surface area (Å²) in [4.78, 5) is 10.3. The van der Waals surface area contributed by atoms with E-state index in [9.17, 15) is 4.79 Å². The van der Waals surface area contributed by atoms with Crippen LogP contribution in [0.2, 0.25) is 0 Å². The second-order valence-corrected chi connectivity index (χ2v) is 2.51. The van der Waals surface area contributed by atoms with Gasteiger partial charge in [-0.2, -0.15) is 0 Å². The molecule has 0 aromatic rings. The van der Waals surface area contributed by atoms with Crippen LogP contribution in [0, 0.1) is 0 Å². The Kier molecular flexibility index (Phi) is 4.54. The van der Waals surface area contributed by atoms with Crippen molar-refractivity contribution in [2.45, 2.75) is 32.8 Å². The van der Waals surface area contributed by atoms with Crippen molar-refractivity contribution in [1.29, 1.82) is 0 Å². The van der Waals surface area contributed by atoms with Gasteiger partial charge in [-0.3, -0.25) is 0 Å². The Morgan fingerprint density at radius 1 is 1.64 bits per heavy atom. The van der Waals surface area contributed by atoms with Crippen LogP contribution in [0.15, 0.2) is 11.6 Å². The van der Waals surface area contributed by atoms with Gasteiger partial charge in [-0.25, -0.2) is 4.79 Å². The molecule has 0 fully saturated rings. The van der Waals surface area contributed by atoms with Crippen LogP contribution in [0.1, 0.15) is 26.7 Å². The molecule has 0 aromatic heterocycles. The van der Waals surface area contributed by atoms with Crippen molar-refractivity contribution >= 4 is 5.97 Å². The van der Waals surface area contributed by atoms with Gasteiger partial charge in [0.25, 0.3) is 0 Å². The molecule has 0 heterocycles. The number of aliphatic hydroxyl groups excluding tert-OH is 1. The predicted octanol–water partition coefficient (Wildman–Crippen LogP) is 1.18. The van der Waals surface area contributed by atoms with Crippen molar-refractivity contribution in [2.75, 3.05) is 0 Å². The fourth-order valence-electron chi connectivity index (χ4n) is 0.739. The molecule has 64 valence electrons. The largest absolute Gasteiger partial charge is 0.478 e. The zero-order valence-electron chi connectivity index (χ0n) is 6.87. The van der Waals surface area contributed by atoms with E-state index >= 15 is 0 Å². The van der Waals surface area contributed by atoms with E-state index in [1.807, 2.05) is 6.92 Å². The number of aliphatic carboxylic acids is 1. The smallest absolute Gasteiger partial charge is 0.331 e. The zero-order chi connectivity index (χ0) is 8.85. The highest BCUT2D eigenvalue weighted by Crippen LogP contribution is 2.01. The molecular formula is C8H14O3. The van der Waals surface area contributed by atoms with E-state index in [0.717, 1.165) is 6.42 Å². The topological polar surface area (TPSA) is 57.5 Å². The van der Waals surface area contributed by atoms with Gasteiger partial charge in [0.15, 0.2) is 0 Å². The van der Waals surface area contributed by atoms with E-state index in [1.165, 1.54) is 13.0 Å². The number of hydrogen-bond donors (Lipinski definition) is 2. The second kappa shape index (κ2) is 4.91. The molecule has 11 heavy (non-hydrogen) atoms. The Morgan fingerprint density at radius 3 is 2.55 bits per heavy atom. The summed E-state index contributed by atoms with van der Waals surface area (Å²) in [6.07, 6.45) is 2.22. The van der Waals surface area contributed by atoms with Crippen molar-refractivity contribution in [3.8, 4) is 0 Å². The van der Waals surface area contributed by atoms with E-state index in [4.69, 9.17) is 10.2 Å². The van der Waals surface area contributed by atoms with Crippen LogP contribution in [0.3, 0.4) is 0 Å². The molecule has 0 bridgehead atoms. The number of carboxylic acid groups (broad SMARTS) is 1. The van der Waals surface area contributed by atoms with Gasteiger partial charge in [-0.05, 0) is 19.4 Å². The predicted molar refractivity (Wildman–Crippen MR) is 42.3 cm³/mol. The van der Waals surface area contributed by atoms with Gasteiger partial charge < -0.3 is 10.2 Å². The fraction of sp³-hybridized carbons (Fsp3) is 0.625. The average molecular weight is 158 g/mol. The maximum atomic E-state index is 10.3. The number of carboxylic acids is 1. The van der Waals surface area contributed by atoms with E-state index in [-0.39, 0.29) is 5.57 Å². The summed E-state index contributed by atoms with van der Waals surface area (Å²) in [6, 6.07) is 0. The Hall–Kier alpha value is -0.830. The van der Waals surface area contributed by atoms with Crippen molar-refractivity contribution in [3.05, 3.63) is 11.6 Å². The zero-order valence-corrected chi connectivity index (χ0v) is 6.87. The highest BCUT2D eigenvalue weighted by Gasteiger charge is 2.03. The highest BCUT2D eigenvalue weighted by atomic mass is 16.4. The lowest BCUT2D eigenvalue weighted by atomic mass is 10.1. The summed E-state index contributed by atoms with van der Waals surface area (Å²) >= 11 is 0. The molecule has 0 aliphatic carbocycles. The first-order valence-electron chi connectivity index (χ1n) is 3.67.